The molecule has 204 valence electrons. The minimum Gasteiger partial charge on any atom is -0.468 e. The molecule has 40 heavy (non-hydrogen) atoms. The minimum atomic E-state index is -0.782. The molecular weight excluding hydrogens is 528 g/mol. The molecule has 2 amide bonds. The van der Waals surface area contributed by atoms with Gasteiger partial charge in [-0.05, 0) is 55.8 Å². The molecule has 0 spiro atoms. The van der Waals surface area contributed by atoms with Crippen molar-refractivity contribution in [3.8, 4) is 6.07 Å². The van der Waals surface area contributed by atoms with Crippen LogP contribution in [0.25, 0.3) is 0 Å². The molecule has 3 N–H and O–H groups in total. The van der Waals surface area contributed by atoms with Crippen molar-refractivity contribution < 1.29 is 23.5 Å². The summed E-state index contributed by atoms with van der Waals surface area (Å²) in [5.74, 6) is -1.36. The molecule has 4 rings (SSSR count). The molecule has 1 aliphatic rings. The van der Waals surface area contributed by atoms with Gasteiger partial charge in [0.2, 0.25) is 5.91 Å². The molecule has 0 saturated heterocycles. The zero-order valence-corrected chi connectivity index (χ0v) is 22.8. The Kier molecular flexibility index (Phi) is 9.44. The zero-order chi connectivity index (χ0) is 28.5. The zero-order valence-electron chi connectivity index (χ0n) is 22.0. The van der Waals surface area contributed by atoms with E-state index in [2.05, 4.69) is 22.0 Å². The molecule has 9 nitrogen and oxygen atoms in total. The largest absolute Gasteiger partial charge is 0.468 e. The van der Waals surface area contributed by atoms with E-state index in [-0.39, 0.29) is 23.8 Å². The Bertz CT molecular complexity index is 1470. The number of rotatable bonds is 10. The van der Waals surface area contributed by atoms with Crippen LogP contribution in [0.2, 0.25) is 0 Å². The summed E-state index contributed by atoms with van der Waals surface area (Å²) in [5, 5.41) is 19.5. The summed E-state index contributed by atoms with van der Waals surface area (Å²) in [4.78, 5) is 38.0. The van der Waals surface area contributed by atoms with Crippen LogP contribution in [-0.4, -0.2) is 30.1 Å². The van der Waals surface area contributed by atoms with E-state index in [4.69, 9.17) is 9.15 Å². The van der Waals surface area contributed by atoms with Crippen LogP contribution in [0.5, 0.6) is 0 Å². The molecule has 0 fully saturated rings. The maximum atomic E-state index is 13.5. The number of carbonyl (C=O) groups excluding carboxylic acids is 3. The van der Waals surface area contributed by atoms with E-state index in [1.54, 1.807) is 50.2 Å². The number of hydrogen-bond acceptors (Lipinski definition) is 8. The van der Waals surface area contributed by atoms with Crippen LogP contribution in [-0.2, 0) is 20.9 Å². The normalized spacial score (nSPS) is 14.7. The number of thioether (sulfide) groups is 1. The average molecular weight is 557 g/mol. The highest BCUT2D eigenvalue weighted by Crippen LogP contribution is 2.41. The lowest BCUT2D eigenvalue weighted by Crippen LogP contribution is -2.31. The second kappa shape index (κ2) is 13.4. The number of carbonyl (C=O) groups is 3. The van der Waals surface area contributed by atoms with Gasteiger partial charge in [-0.1, -0.05) is 42.1 Å². The van der Waals surface area contributed by atoms with E-state index in [9.17, 15) is 19.6 Å². The number of amides is 2. The van der Waals surface area contributed by atoms with Crippen molar-refractivity contribution >= 4 is 35.2 Å². The molecule has 0 aliphatic carbocycles. The number of hydrogen-bond donors (Lipinski definition) is 3. The molecule has 0 radical (unpaired) electrons. The fourth-order valence-corrected chi connectivity index (χ4v) is 5.08. The van der Waals surface area contributed by atoms with Crippen LogP contribution in [0.1, 0.15) is 41.4 Å². The predicted octanol–water partition coefficient (Wildman–Crippen LogP) is 4.84. The van der Waals surface area contributed by atoms with Gasteiger partial charge in [-0.25, -0.2) is 4.79 Å². The minimum absolute atomic E-state index is 0.0762. The summed E-state index contributed by atoms with van der Waals surface area (Å²) >= 11 is 1.19. The lowest BCUT2D eigenvalue weighted by molar-refractivity contribution is -0.118. The van der Waals surface area contributed by atoms with Gasteiger partial charge in [0, 0.05) is 17.9 Å². The Morgan fingerprint density at radius 3 is 2.48 bits per heavy atom. The first-order valence-corrected chi connectivity index (χ1v) is 13.6. The lowest BCUT2D eigenvalue weighted by Gasteiger charge is -2.28. The predicted molar refractivity (Wildman–Crippen MR) is 152 cm³/mol. The third kappa shape index (κ3) is 6.81. The molecule has 2 heterocycles. The number of nitrogens with one attached hydrogen (secondary N) is 3. The second-order valence-electron chi connectivity index (χ2n) is 8.77. The van der Waals surface area contributed by atoms with E-state index < -0.39 is 17.8 Å². The Labute approximate surface area is 236 Å². The maximum Gasteiger partial charge on any atom is 0.338 e. The third-order valence-corrected chi connectivity index (χ3v) is 7.07. The van der Waals surface area contributed by atoms with Crippen LogP contribution in [0.4, 0.5) is 5.69 Å². The maximum absolute atomic E-state index is 13.5. The van der Waals surface area contributed by atoms with Gasteiger partial charge in [0.15, 0.2) is 0 Å². The number of esters is 1. The summed E-state index contributed by atoms with van der Waals surface area (Å²) in [6.07, 6.45) is 1.48. The molecule has 0 unspecified atom stereocenters. The van der Waals surface area contributed by atoms with E-state index in [1.165, 1.54) is 18.0 Å². The van der Waals surface area contributed by atoms with Gasteiger partial charge in [0.25, 0.3) is 5.91 Å². The molecule has 0 bridgehead atoms. The molecule has 0 saturated carbocycles. The van der Waals surface area contributed by atoms with Gasteiger partial charge in [-0.2, -0.15) is 5.26 Å². The van der Waals surface area contributed by atoms with Crippen molar-refractivity contribution in [3.05, 3.63) is 112 Å². The standard InChI is InChI=1S/C30H28N4O5S/c1-3-38-30(37)21-11-13-22(14-12-21)34-28(36)26-19(2)33-29(23(16-31)27(26)24-10-7-15-39-24)40-18-25(35)32-17-20-8-5-4-6-9-20/h4-15,27,33H,3,17-18H2,1-2H3,(H,32,35)(H,34,36)/t27-/m1/s1. The number of anilines is 1. The monoisotopic (exact) mass is 556 g/mol. The summed E-state index contributed by atoms with van der Waals surface area (Å²) in [6, 6.07) is 21.5. The number of nitrogens with zero attached hydrogens (tertiary/aromatic N) is 1. The van der Waals surface area contributed by atoms with Gasteiger partial charge in [0.05, 0.1) is 52.3 Å². The quantitative estimate of drug-likeness (QED) is 0.302. The summed E-state index contributed by atoms with van der Waals surface area (Å²) in [6.45, 7) is 4.12. The first-order chi connectivity index (χ1) is 19.4. The Morgan fingerprint density at radius 2 is 1.82 bits per heavy atom. The highest BCUT2D eigenvalue weighted by atomic mass is 32.2. The van der Waals surface area contributed by atoms with Crippen molar-refractivity contribution in [1.82, 2.24) is 10.6 Å². The first-order valence-electron chi connectivity index (χ1n) is 12.6. The molecule has 1 aliphatic heterocycles. The summed E-state index contributed by atoms with van der Waals surface area (Å²) in [5.41, 5.74) is 2.91. The second-order valence-corrected chi connectivity index (χ2v) is 9.76. The number of nitriles is 1. The van der Waals surface area contributed by atoms with Gasteiger partial charge >= 0.3 is 5.97 Å². The fraction of sp³-hybridized carbons (Fsp3) is 0.200. The molecule has 3 aromatic rings. The van der Waals surface area contributed by atoms with Gasteiger partial charge in [0.1, 0.15) is 5.76 Å². The highest BCUT2D eigenvalue weighted by Gasteiger charge is 2.36. The number of benzene rings is 2. The molecule has 1 aromatic heterocycles. The van der Waals surface area contributed by atoms with Crippen LogP contribution < -0.4 is 16.0 Å². The summed E-state index contributed by atoms with van der Waals surface area (Å²) in [7, 11) is 0. The van der Waals surface area contributed by atoms with Crippen molar-refractivity contribution in [2.75, 3.05) is 17.7 Å². The number of furan rings is 1. The van der Waals surface area contributed by atoms with Crippen LogP contribution in [0, 0.1) is 11.3 Å². The smallest absolute Gasteiger partial charge is 0.338 e. The van der Waals surface area contributed by atoms with Crippen molar-refractivity contribution in [2.24, 2.45) is 0 Å². The van der Waals surface area contributed by atoms with Crippen molar-refractivity contribution in [3.63, 3.8) is 0 Å². The van der Waals surface area contributed by atoms with Crippen molar-refractivity contribution in [1.29, 1.82) is 5.26 Å². The van der Waals surface area contributed by atoms with E-state index in [1.807, 2.05) is 30.3 Å². The van der Waals surface area contributed by atoms with E-state index >= 15 is 0 Å². The number of dihydropyridines is 1. The Morgan fingerprint density at radius 1 is 1.07 bits per heavy atom. The Balaban J connectivity index is 1.51. The Hall–Kier alpha value is -4.75. The number of ether oxygens (including phenoxy) is 1. The molecule has 10 heteroatoms. The summed E-state index contributed by atoms with van der Waals surface area (Å²) < 4.78 is 10.6. The topological polar surface area (TPSA) is 133 Å². The fourth-order valence-electron chi connectivity index (χ4n) is 4.16. The molecule has 2 aromatic carbocycles. The van der Waals surface area contributed by atoms with Crippen LogP contribution in [0.15, 0.2) is 99.3 Å². The van der Waals surface area contributed by atoms with Gasteiger partial charge in [-0.15, -0.1) is 0 Å². The SMILES string of the molecule is CCOC(=O)c1ccc(NC(=O)C2=C(C)NC(SCC(=O)NCc3ccccc3)=C(C#N)[C@@H]2c2ccco2)cc1. The third-order valence-electron chi connectivity index (χ3n) is 6.05. The average Bonchev–Trinajstić information content (AvgIpc) is 3.50. The van der Waals surface area contributed by atoms with Gasteiger partial charge in [-0.3, -0.25) is 9.59 Å². The van der Waals surface area contributed by atoms with Gasteiger partial charge < -0.3 is 25.1 Å². The van der Waals surface area contributed by atoms with Crippen molar-refractivity contribution in [2.45, 2.75) is 26.3 Å². The lowest BCUT2D eigenvalue weighted by atomic mass is 9.85. The van der Waals surface area contributed by atoms with E-state index in [0.717, 1.165) is 5.56 Å². The first kappa shape index (κ1) is 28.3. The molecule has 1 atom stereocenters. The highest BCUT2D eigenvalue weighted by molar-refractivity contribution is 8.03. The van der Waals surface area contributed by atoms with Crippen LogP contribution >= 0.6 is 11.8 Å². The van der Waals surface area contributed by atoms with E-state index in [0.29, 0.717) is 39.9 Å². The number of allylic oxidation sites excluding steroid dienone is 2. The molecular formula is C30H28N4O5S. The van der Waals surface area contributed by atoms with Crippen LogP contribution in [0.3, 0.4) is 0 Å².